The van der Waals surface area contributed by atoms with Crippen LogP contribution < -0.4 is 5.32 Å². The molecule has 2 atom stereocenters. The van der Waals surface area contributed by atoms with Crippen molar-refractivity contribution in [2.75, 3.05) is 45.8 Å². The maximum Gasteiger partial charge on any atom is 0.307 e. The van der Waals surface area contributed by atoms with Gasteiger partial charge >= 0.3 is 5.97 Å². The fourth-order valence-corrected chi connectivity index (χ4v) is 4.35. The van der Waals surface area contributed by atoms with Gasteiger partial charge in [0.15, 0.2) is 0 Å². The lowest BCUT2D eigenvalue weighted by Gasteiger charge is -2.40. The number of rotatable bonds is 5. The Morgan fingerprint density at radius 3 is 2.91 bits per heavy atom. The third-order valence-electron chi connectivity index (χ3n) is 4.76. The highest BCUT2D eigenvalue weighted by molar-refractivity contribution is 7.10. The standard InChI is InChI=1S/C16H25N3O2S/c20-16(21)13-3-1-7-19(11-13)14(15-4-2-10-22-15)12-18-8-5-17-6-9-18/h2,4,10,13-14,17H,1,3,5-9,11-12H2,(H,20,21). The molecule has 0 radical (unpaired) electrons. The summed E-state index contributed by atoms with van der Waals surface area (Å²) in [5, 5.41) is 14.9. The van der Waals surface area contributed by atoms with E-state index in [-0.39, 0.29) is 5.92 Å². The molecule has 0 saturated carbocycles. The summed E-state index contributed by atoms with van der Waals surface area (Å²) in [5.74, 6) is -0.851. The lowest BCUT2D eigenvalue weighted by Crippen LogP contribution is -2.49. The first-order valence-corrected chi connectivity index (χ1v) is 9.05. The van der Waals surface area contributed by atoms with Gasteiger partial charge in [0, 0.05) is 44.1 Å². The van der Waals surface area contributed by atoms with Crippen LogP contribution in [0.3, 0.4) is 0 Å². The number of carbonyl (C=O) groups is 1. The van der Waals surface area contributed by atoms with E-state index in [1.165, 1.54) is 4.88 Å². The van der Waals surface area contributed by atoms with Gasteiger partial charge in [-0.3, -0.25) is 14.6 Å². The Labute approximate surface area is 135 Å². The highest BCUT2D eigenvalue weighted by Gasteiger charge is 2.31. The summed E-state index contributed by atoms with van der Waals surface area (Å²) in [6, 6.07) is 4.63. The molecule has 22 heavy (non-hydrogen) atoms. The van der Waals surface area contributed by atoms with Crippen LogP contribution in [0.15, 0.2) is 17.5 Å². The maximum atomic E-state index is 11.4. The largest absolute Gasteiger partial charge is 0.481 e. The number of carboxylic acid groups (broad SMARTS) is 1. The van der Waals surface area contributed by atoms with Crippen molar-refractivity contribution in [1.82, 2.24) is 15.1 Å². The van der Waals surface area contributed by atoms with Gasteiger partial charge in [-0.25, -0.2) is 0 Å². The van der Waals surface area contributed by atoms with Crippen LogP contribution in [0.25, 0.3) is 0 Å². The summed E-state index contributed by atoms with van der Waals surface area (Å²) in [6.07, 6.45) is 1.80. The molecule has 2 saturated heterocycles. The highest BCUT2D eigenvalue weighted by atomic mass is 32.1. The lowest BCUT2D eigenvalue weighted by atomic mass is 9.96. The number of thiophene rings is 1. The number of piperazine rings is 1. The molecule has 0 amide bonds. The van der Waals surface area contributed by atoms with Crippen LogP contribution in [-0.4, -0.2) is 66.7 Å². The summed E-state index contributed by atoms with van der Waals surface area (Å²) < 4.78 is 0. The van der Waals surface area contributed by atoms with Crippen LogP contribution in [0.4, 0.5) is 0 Å². The van der Waals surface area contributed by atoms with E-state index >= 15 is 0 Å². The third kappa shape index (κ3) is 3.87. The Kier molecular flexibility index (Phi) is 5.46. The van der Waals surface area contributed by atoms with E-state index < -0.39 is 5.97 Å². The maximum absolute atomic E-state index is 11.4. The van der Waals surface area contributed by atoms with Gasteiger partial charge in [0.1, 0.15) is 0 Å². The van der Waals surface area contributed by atoms with E-state index in [4.69, 9.17) is 0 Å². The average molecular weight is 323 g/mol. The van der Waals surface area contributed by atoms with Crippen molar-refractivity contribution in [3.05, 3.63) is 22.4 Å². The summed E-state index contributed by atoms with van der Waals surface area (Å²) in [5.41, 5.74) is 0. The molecular weight excluding hydrogens is 298 g/mol. The van der Waals surface area contributed by atoms with E-state index in [2.05, 4.69) is 32.6 Å². The summed E-state index contributed by atoms with van der Waals surface area (Å²) in [6.45, 7) is 6.97. The molecule has 122 valence electrons. The minimum absolute atomic E-state index is 0.209. The normalized spacial score (nSPS) is 25.9. The zero-order chi connectivity index (χ0) is 15.4. The Morgan fingerprint density at radius 1 is 1.41 bits per heavy atom. The number of carboxylic acids is 1. The van der Waals surface area contributed by atoms with E-state index in [9.17, 15) is 9.90 Å². The van der Waals surface area contributed by atoms with Crippen LogP contribution in [0.5, 0.6) is 0 Å². The van der Waals surface area contributed by atoms with Crippen LogP contribution in [0, 0.1) is 5.92 Å². The molecule has 2 fully saturated rings. The molecule has 0 aliphatic carbocycles. The smallest absolute Gasteiger partial charge is 0.307 e. The van der Waals surface area contributed by atoms with E-state index in [0.29, 0.717) is 12.6 Å². The second kappa shape index (κ2) is 7.55. The number of hydrogen-bond donors (Lipinski definition) is 2. The molecule has 5 nitrogen and oxygen atoms in total. The van der Waals surface area contributed by atoms with Gasteiger partial charge in [-0.1, -0.05) is 6.07 Å². The van der Waals surface area contributed by atoms with Gasteiger partial charge in [-0.2, -0.15) is 0 Å². The fourth-order valence-electron chi connectivity index (χ4n) is 3.50. The number of aliphatic carboxylic acids is 1. The van der Waals surface area contributed by atoms with Crippen LogP contribution in [0.2, 0.25) is 0 Å². The molecule has 3 rings (SSSR count). The van der Waals surface area contributed by atoms with Crippen molar-refractivity contribution in [2.24, 2.45) is 5.92 Å². The molecule has 2 unspecified atom stereocenters. The number of nitrogens with zero attached hydrogens (tertiary/aromatic N) is 2. The zero-order valence-electron chi connectivity index (χ0n) is 12.9. The van der Waals surface area contributed by atoms with Gasteiger partial charge in [-0.15, -0.1) is 11.3 Å². The van der Waals surface area contributed by atoms with Crippen molar-refractivity contribution in [1.29, 1.82) is 0 Å². The second-order valence-corrected chi connectivity index (χ2v) is 7.23. The minimum Gasteiger partial charge on any atom is -0.481 e. The summed E-state index contributed by atoms with van der Waals surface area (Å²) in [4.78, 5) is 17.6. The number of hydrogen-bond acceptors (Lipinski definition) is 5. The van der Waals surface area contributed by atoms with Gasteiger partial charge in [0.2, 0.25) is 0 Å². The number of nitrogens with one attached hydrogen (secondary N) is 1. The minimum atomic E-state index is -0.642. The Morgan fingerprint density at radius 2 is 2.23 bits per heavy atom. The Hall–Kier alpha value is -0.950. The topological polar surface area (TPSA) is 55.8 Å². The number of piperidine rings is 1. The van der Waals surface area contributed by atoms with Crippen molar-refractivity contribution >= 4 is 17.3 Å². The molecule has 0 spiro atoms. The van der Waals surface area contributed by atoms with E-state index in [1.807, 2.05) is 0 Å². The van der Waals surface area contributed by atoms with Gasteiger partial charge in [0.25, 0.3) is 0 Å². The molecule has 2 N–H and O–H groups in total. The quantitative estimate of drug-likeness (QED) is 0.860. The zero-order valence-corrected chi connectivity index (χ0v) is 13.7. The first kappa shape index (κ1) is 15.9. The predicted octanol–water partition coefficient (Wildman–Crippen LogP) is 1.49. The molecule has 0 bridgehead atoms. The Balaban J connectivity index is 1.71. The molecule has 1 aromatic rings. The highest BCUT2D eigenvalue weighted by Crippen LogP contribution is 2.30. The predicted molar refractivity (Wildman–Crippen MR) is 88.3 cm³/mol. The van der Waals surface area contributed by atoms with E-state index in [1.54, 1.807) is 11.3 Å². The molecule has 1 aromatic heterocycles. The first-order valence-electron chi connectivity index (χ1n) is 8.17. The van der Waals surface area contributed by atoms with Crippen LogP contribution in [-0.2, 0) is 4.79 Å². The summed E-state index contributed by atoms with van der Waals surface area (Å²) in [7, 11) is 0. The second-order valence-electron chi connectivity index (χ2n) is 6.25. The fraction of sp³-hybridized carbons (Fsp3) is 0.688. The molecule has 6 heteroatoms. The number of likely N-dealkylation sites (tertiary alicyclic amines) is 1. The van der Waals surface area contributed by atoms with Crippen molar-refractivity contribution in [2.45, 2.75) is 18.9 Å². The first-order chi connectivity index (χ1) is 10.7. The Bertz CT molecular complexity index is 474. The molecule has 3 heterocycles. The monoisotopic (exact) mass is 323 g/mol. The third-order valence-corrected chi connectivity index (χ3v) is 5.73. The molecular formula is C16H25N3O2S. The van der Waals surface area contributed by atoms with Crippen molar-refractivity contribution in [3.63, 3.8) is 0 Å². The van der Waals surface area contributed by atoms with Crippen LogP contribution >= 0.6 is 11.3 Å². The van der Waals surface area contributed by atoms with Gasteiger partial charge in [-0.05, 0) is 30.8 Å². The molecule has 0 aromatic carbocycles. The molecule has 2 aliphatic rings. The van der Waals surface area contributed by atoms with Gasteiger partial charge in [0.05, 0.1) is 12.0 Å². The lowest BCUT2D eigenvalue weighted by molar-refractivity contribution is -0.144. The van der Waals surface area contributed by atoms with Crippen molar-refractivity contribution in [3.8, 4) is 0 Å². The SMILES string of the molecule is O=C(O)C1CCCN(C(CN2CCNCC2)c2cccs2)C1. The summed E-state index contributed by atoms with van der Waals surface area (Å²) >= 11 is 1.79. The van der Waals surface area contributed by atoms with Crippen LogP contribution in [0.1, 0.15) is 23.8 Å². The van der Waals surface area contributed by atoms with E-state index in [0.717, 1.165) is 52.1 Å². The average Bonchev–Trinajstić information content (AvgIpc) is 3.08. The molecule has 2 aliphatic heterocycles. The van der Waals surface area contributed by atoms with Gasteiger partial charge < -0.3 is 10.4 Å². The van der Waals surface area contributed by atoms with Crippen molar-refractivity contribution < 1.29 is 9.90 Å².